The van der Waals surface area contributed by atoms with Gasteiger partial charge in [0.15, 0.2) is 0 Å². The van der Waals surface area contributed by atoms with Gasteiger partial charge in [-0.25, -0.2) is 9.37 Å². The number of nitrogens with one attached hydrogen (secondary N) is 1. The van der Waals surface area contributed by atoms with Gasteiger partial charge in [-0.2, -0.15) is 0 Å². The SMILES string of the molecule is O=C(NCc1ccco1)c1cc(-c2ccccc2F)nc2onc(-c3ccccc3)c12. The van der Waals surface area contributed by atoms with Crippen molar-refractivity contribution in [2.24, 2.45) is 0 Å². The second-order valence-electron chi connectivity index (χ2n) is 6.87. The highest BCUT2D eigenvalue weighted by Gasteiger charge is 2.22. The zero-order valence-electron chi connectivity index (χ0n) is 16.2. The Kier molecular flexibility index (Phi) is 4.76. The summed E-state index contributed by atoms with van der Waals surface area (Å²) in [7, 11) is 0. The summed E-state index contributed by atoms with van der Waals surface area (Å²) in [6, 6.07) is 20.7. The molecule has 0 atom stereocenters. The maximum atomic E-state index is 14.4. The number of benzene rings is 2. The quantitative estimate of drug-likeness (QED) is 0.427. The fourth-order valence-corrected chi connectivity index (χ4v) is 3.41. The molecule has 2 aromatic carbocycles. The molecule has 0 unspecified atom stereocenters. The van der Waals surface area contributed by atoms with Crippen LogP contribution in [-0.4, -0.2) is 16.0 Å². The lowest BCUT2D eigenvalue weighted by molar-refractivity contribution is 0.0949. The molecule has 0 bridgehead atoms. The van der Waals surface area contributed by atoms with Crippen LogP contribution in [0.5, 0.6) is 0 Å². The minimum absolute atomic E-state index is 0.155. The third-order valence-electron chi connectivity index (χ3n) is 4.89. The van der Waals surface area contributed by atoms with Gasteiger partial charge in [0, 0.05) is 11.1 Å². The first-order chi connectivity index (χ1) is 15.2. The molecule has 0 aliphatic carbocycles. The van der Waals surface area contributed by atoms with Crippen molar-refractivity contribution in [3.8, 4) is 22.5 Å². The van der Waals surface area contributed by atoms with Crippen molar-refractivity contribution >= 4 is 17.0 Å². The van der Waals surface area contributed by atoms with Crippen molar-refractivity contribution < 1.29 is 18.1 Å². The van der Waals surface area contributed by atoms with Gasteiger partial charge in [0.05, 0.1) is 29.5 Å². The highest BCUT2D eigenvalue weighted by molar-refractivity contribution is 6.10. The summed E-state index contributed by atoms with van der Waals surface area (Å²) >= 11 is 0. The lowest BCUT2D eigenvalue weighted by Crippen LogP contribution is -2.23. The molecule has 0 aliphatic rings. The Hall–Kier alpha value is -4.26. The minimum Gasteiger partial charge on any atom is -0.467 e. The van der Waals surface area contributed by atoms with E-state index in [-0.39, 0.29) is 35.0 Å². The maximum Gasteiger partial charge on any atom is 0.259 e. The number of nitrogens with zero attached hydrogens (tertiary/aromatic N) is 2. The van der Waals surface area contributed by atoms with E-state index in [1.54, 1.807) is 36.4 Å². The Balaban J connectivity index is 1.66. The number of hydrogen-bond acceptors (Lipinski definition) is 5. The van der Waals surface area contributed by atoms with Gasteiger partial charge in [-0.3, -0.25) is 4.79 Å². The number of pyridine rings is 1. The Morgan fingerprint density at radius 2 is 1.81 bits per heavy atom. The van der Waals surface area contributed by atoms with Crippen LogP contribution >= 0.6 is 0 Å². The molecule has 0 saturated carbocycles. The summed E-state index contributed by atoms with van der Waals surface area (Å²) in [5, 5.41) is 7.44. The van der Waals surface area contributed by atoms with Crippen LogP contribution in [0, 0.1) is 5.82 Å². The van der Waals surface area contributed by atoms with Crippen LogP contribution in [0.2, 0.25) is 0 Å². The molecule has 3 aromatic heterocycles. The summed E-state index contributed by atoms with van der Waals surface area (Å²) < 4.78 is 25.2. The first kappa shape index (κ1) is 18.7. The lowest BCUT2D eigenvalue weighted by atomic mass is 10.0. The molecule has 3 heterocycles. The predicted octanol–water partition coefficient (Wildman–Crippen LogP) is 5.22. The number of fused-ring (bicyclic) bond motifs is 1. The molecule has 152 valence electrons. The second kappa shape index (κ2) is 7.87. The first-order valence-electron chi connectivity index (χ1n) is 9.62. The topological polar surface area (TPSA) is 81.2 Å². The van der Waals surface area contributed by atoms with Crippen LogP contribution in [0.4, 0.5) is 4.39 Å². The summed E-state index contributed by atoms with van der Waals surface area (Å²) in [5.41, 5.74) is 2.26. The van der Waals surface area contributed by atoms with E-state index < -0.39 is 5.82 Å². The highest BCUT2D eigenvalue weighted by Crippen LogP contribution is 2.33. The van der Waals surface area contributed by atoms with Crippen LogP contribution in [0.15, 0.2) is 88.0 Å². The van der Waals surface area contributed by atoms with Gasteiger partial charge < -0.3 is 14.3 Å². The van der Waals surface area contributed by atoms with Gasteiger partial charge in [-0.05, 0) is 30.3 Å². The van der Waals surface area contributed by atoms with Crippen molar-refractivity contribution in [1.29, 1.82) is 0 Å². The number of rotatable bonds is 5. The van der Waals surface area contributed by atoms with Crippen molar-refractivity contribution in [2.45, 2.75) is 6.54 Å². The van der Waals surface area contributed by atoms with Crippen LogP contribution in [0.25, 0.3) is 33.6 Å². The lowest BCUT2D eigenvalue weighted by Gasteiger charge is -2.09. The fourth-order valence-electron chi connectivity index (χ4n) is 3.41. The Bertz CT molecular complexity index is 1360. The molecule has 0 radical (unpaired) electrons. The third-order valence-corrected chi connectivity index (χ3v) is 4.89. The molecular weight excluding hydrogens is 397 g/mol. The molecule has 0 aliphatic heterocycles. The smallest absolute Gasteiger partial charge is 0.259 e. The number of hydrogen-bond donors (Lipinski definition) is 1. The summed E-state index contributed by atoms with van der Waals surface area (Å²) in [5.74, 6) is -0.206. The minimum atomic E-state index is -0.445. The molecule has 31 heavy (non-hydrogen) atoms. The molecule has 1 amide bonds. The standard InChI is InChI=1S/C24H16FN3O3/c25-19-11-5-4-10-17(19)20-13-18(23(29)26-14-16-9-6-12-30-16)21-22(28-31-24(21)27-20)15-7-2-1-3-8-15/h1-13H,14H2,(H,26,29). The molecule has 5 aromatic rings. The van der Waals surface area contributed by atoms with Crippen molar-refractivity contribution in [3.05, 3.63) is 96.2 Å². The Labute approximate surface area is 176 Å². The van der Waals surface area contributed by atoms with Crippen LogP contribution in [0.1, 0.15) is 16.1 Å². The fraction of sp³-hybridized carbons (Fsp3) is 0.0417. The van der Waals surface area contributed by atoms with E-state index in [2.05, 4.69) is 15.5 Å². The highest BCUT2D eigenvalue weighted by atomic mass is 19.1. The van der Waals surface area contributed by atoms with Crippen LogP contribution in [-0.2, 0) is 6.54 Å². The summed E-state index contributed by atoms with van der Waals surface area (Å²) in [6.07, 6.45) is 1.54. The first-order valence-corrected chi connectivity index (χ1v) is 9.62. The van der Waals surface area contributed by atoms with Crippen molar-refractivity contribution in [2.75, 3.05) is 0 Å². The van der Waals surface area contributed by atoms with Crippen molar-refractivity contribution in [1.82, 2.24) is 15.5 Å². The molecule has 0 spiro atoms. The van der Waals surface area contributed by atoms with E-state index in [1.807, 2.05) is 30.3 Å². The largest absolute Gasteiger partial charge is 0.467 e. The Morgan fingerprint density at radius 1 is 1.00 bits per heavy atom. The Morgan fingerprint density at radius 3 is 2.58 bits per heavy atom. The third kappa shape index (κ3) is 3.57. The van der Waals surface area contributed by atoms with E-state index in [0.29, 0.717) is 16.8 Å². The molecule has 1 N–H and O–H groups in total. The number of carbonyl (C=O) groups is 1. The van der Waals surface area contributed by atoms with E-state index >= 15 is 0 Å². The normalized spacial score (nSPS) is 11.0. The van der Waals surface area contributed by atoms with E-state index in [1.165, 1.54) is 12.3 Å². The van der Waals surface area contributed by atoms with Gasteiger partial charge in [-0.15, -0.1) is 0 Å². The zero-order valence-corrected chi connectivity index (χ0v) is 16.2. The van der Waals surface area contributed by atoms with Crippen molar-refractivity contribution in [3.63, 3.8) is 0 Å². The van der Waals surface area contributed by atoms with Gasteiger partial charge in [0.25, 0.3) is 11.6 Å². The van der Waals surface area contributed by atoms with Gasteiger partial charge in [0.2, 0.25) is 0 Å². The number of carbonyl (C=O) groups excluding carboxylic acids is 1. The second-order valence-corrected chi connectivity index (χ2v) is 6.87. The van der Waals surface area contributed by atoms with Crippen LogP contribution < -0.4 is 5.32 Å². The number of furan rings is 1. The van der Waals surface area contributed by atoms with E-state index in [9.17, 15) is 9.18 Å². The molecule has 5 rings (SSSR count). The zero-order chi connectivity index (χ0) is 21.2. The average Bonchev–Trinajstić information content (AvgIpc) is 3.48. The van der Waals surface area contributed by atoms with Crippen LogP contribution in [0.3, 0.4) is 0 Å². The van der Waals surface area contributed by atoms with Gasteiger partial charge in [0.1, 0.15) is 17.3 Å². The monoisotopic (exact) mass is 413 g/mol. The number of halogens is 1. The van der Waals surface area contributed by atoms with E-state index in [0.717, 1.165) is 5.56 Å². The van der Waals surface area contributed by atoms with E-state index in [4.69, 9.17) is 8.94 Å². The average molecular weight is 413 g/mol. The predicted molar refractivity (Wildman–Crippen MR) is 113 cm³/mol. The number of aromatic nitrogens is 2. The molecule has 7 heteroatoms. The molecule has 0 fully saturated rings. The summed E-state index contributed by atoms with van der Waals surface area (Å²) in [6.45, 7) is 0.205. The summed E-state index contributed by atoms with van der Waals surface area (Å²) in [4.78, 5) is 17.6. The molecule has 6 nitrogen and oxygen atoms in total. The molecule has 0 saturated heterocycles. The number of amides is 1. The maximum absolute atomic E-state index is 14.4. The van der Waals surface area contributed by atoms with Gasteiger partial charge >= 0.3 is 0 Å². The molecular formula is C24H16FN3O3. The van der Waals surface area contributed by atoms with Gasteiger partial charge in [-0.1, -0.05) is 47.6 Å².